The van der Waals surface area contributed by atoms with Crippen LogP contribution in [0.2, 0.25) is 0 Å². The van der Waals surface area contributed by atoms with Crippen molar-refractivity contribution in [2.45, 2.75) is 26.2 Å². The number of fused-ring (bicyclic) bond motifs is 3. The molecule has 3 rings (SSSR count). The molecule has 2 nitrogen and oxygen atoms in total. The summed E-state index contributed by atoms with van der Waals surface area (Å²) in [5.74, 6) is 0. The summed E-state index contributed by atoms with van der Waals surface area (Å²) in [6.45, 7) is 6.69. The van der Waals surface area contributed by atoms with Gasteiger partial charge >= 0.3 is 0 Å². The summed E-state index contributed by atoms with van der Waals surface area (Å²) in [5, 5.41) is 0. The first-order valence-corrected chi connectivity index (χ1v) is 5.93. The first-order valence-electron chi connectivity index (χ1n) is 5.93. The number of rotatable bonds is 0. The summed E-state index contributed by atoms with van der Waals surface area (Å²) in [4.78, 5) is 4.60. The van der Waals surface area contributed by atoms with E-state index < -0.39 is 0 Å². The molecule has 0 spiro atoms. The van der Waals surface area contributed by atoms with Gasteiger partial charge in [-0.1, -0.05) is 39.0 Å². The van der Waals surface area contributed by atoms with E-state index in [0.717, 1.165) is 11.2 Å². The fraction of sp³-hybridized carbons (Fsp3) is 0.267. The van der Waals surface area contributed by atoms with Gasteiger partial charge in [-0.2, -0.15) is 0 Å². The number of para-hydroxylation sites is 2. The fourth-order valence-electron chi connectivity index (χ4n) is 2.11. The maximum absolute atomic E-state index is 4.60. The largest absolute Gasteiger partial charge is 0.299 e. The minimum atomic E-state index is 0.166. The monoisotopic (exact) mass is 224 g/mol. The molecule has 1 aromatic carbocycles. The average molecular weight is 224 g/mol. The van der Waals surface area contributed by atoms with E-state index in [1.165, 1.54) is 11.1 Å². The molecule has 0 amide bonds. The molecule has 0 radical (unpaired) electrons. The van der Waals surface area contributed by atoms with Gasteiger partial charge in [-0.3, -0.25) is 4.40 Å². The molecule has 0 aliphatic heterocycles. The molecule has 0 unspecified atom stereocenters. The maximum atomic E-state index is 4.60. The molecule has 0 N–H and O–H groups in total. The highest BCUT2D eigenvalue weighted by Gasteiger charge is 2.14. The van der Waals surface area contributed by atoms with Crippen LogP contribution in [0.4, 0.5) is 0 Å². The van der Waals surface area contributed by atoms with Crippen LogP contribution in [0.1, 0.15) is 26.3 Å². The number of aromatic nitrogens is 2. The number of hydrogen-bond acceptors (Lipinski definition) is 1. The van der Waals surface area contributed by atoms with E-state index >= 15 is 0 Å². The molecule has 86 valence electrons. The van der Waals surface area contributed by atoms with Gasteiger partial charge in [-0.05, 0) is 29.2 Å². The maximum Gasteiger partial charge on any atom is 0.137 e. The number of benzene rings is 1. The van der Waals surface area contributed by atoms with Crippen LogP contribution in [0.15, 0.2) is 42.6 Å². The van der Waals surface area contributed by atoms with Crippen LogP contribution in [0.3, 0.4) is 0 Å². The van der Waals surface area contributed by atoms with Gasteiger partial charge in [0.2, 0.25) is 0 Å². The smallest absolute Gasteiger partial charge is 0.137 e. The van der Waals surface area contributed by atoms with E-state index in [-0.39, 0.29) is 5.41 Å². The predicted octanol–water partition coefficient (Wildman–Crippen LogP) is 3.79. The van der Waals surface area contributed by atoms with Gasteiger partial charge in [0.15, 0.2) is 0 Å². The second kappa shape index (κ2) is 3.33. The Bertz CT molecular complexity index is 687. The zero-order valence-electron chi connectivity index (χ0n) is 10.4. The molecule has 0 saturated heterocycles. The van der Waals surface area contributed by atoms with Crippen molar-refractivity contribution < 1.29 is 0 Å². The molecule has 2 heteroatoms. The molecular weight excluding hydrogens is 208 g/mol. The molecule has 2 heterocycles. The highest BCUT2D eigenvalue weighted by molar-refractivity contribution is 5.80. The first-order chi connectivity index (χ1) is 8.05. The summed E-state index contributed by atoms with van der Waals surface area (Å²) >= 11 is 0. The Kier molecular flexibility index (Phi) is 2.02. The minimum Gasteiger partial charge on any atom is -0.299 e. The van der Waals surface area contributed by atoms with Crippen LogP contribution in [0.25, 0.3) is 16.7 Å². The van der Waals surface area contributed by atoms with E-state index in [4.69, 9.17) is 0 Å². The van der Waals surface area contributed by atoms with E-state index in [1.54, 1.807) is 0 Å². The summed E-state index contributed by atoms with van der Waals surface area (Å²) < 4.78 is 2.18. The molecule has 17 heavy (non-hydrogen) atoms. The van der Waals surface area contributed by atoms with Gasteiger partial charge in [0, 0.05) is 6.20 Å². The first kappa shape index (κ1) is 10.3. The second-order valence-corrected chi connectivity index (χ2v) is 5.50. The number of pyridine rings is 1. The van der Waals surface area contributed by atoms with Crippen LogP contribution >= 0.6 is 0 Å². The standard InChI is InChI=1S/C15H16N2/c1-15(2,3)11-8-9-14-16-12-6-4-5-7-13(12)17(14)10-11/h4-10H,1-3H3. The third kappa shape index (κ3) is 1.60. The van der Waals surface area contributed by atoms with E-state index in [2.05, 4.69) is 66.7 Å². The van der Waals surface area contributed by atoms with E-state index in [0.29, 0.717) is 0 Å². The number of hydrogen-bond donors (Lipinski definition) is 0. The zero-order chi connectivity index (χ0) is 12.0. The molecule has 0 aliphatic carbocycles. The van der Waals surface area contributed by atoms with Gasteiger partial charge < -0.3 is 0 Å². The van der Waals surface area contributed by atoms with Crippen molar-refractivity contribution in [3.63, 3.8) is 0 Å². The molecule has 0 bridgehead atoms. The Morgan fingerprint density at radius 1 is 1.00 bits per heavy atom. The molecule has 0 saturated carbocycles. The quantitative estimate of drug-likeness (QED) is 0.568. The fourth-order valence-corrected chi connectivity index (χ4v) is 2.11. The summed E-state index contributed by atoms with van der Waals surface area (Å²) in [7, 11) is 0. The van der Waals surface area contributed by atoms with Gasteiger partial charge in [0.05, 0.1) is 11.0 Å². The van der Waals surface area contributed by atoms with Crippen LogP contribution in [-0.4, -0.2) is 9.38 Å². The lowest BCUT2D eigenvalue weighted by atomic mass is 9.88. The Hall–Kier alpha value is -1.83. The number of nitrogens with zero attached hydrogens (tertiary/aromatic N) is 2. The van der Waals surface area contributed by atoms with Crippen molar-refractivity contribution >= 4 is 16.7 Å². The Labute approximate surface area is 101 Å². The summed E-state index contributed by atoms with van der Waals surface area (Å²) in [6.07, 6.45) is 2.20. The highest BCUT2D eigenvalue weighted by atomic mass is 15.0. The molecule has 3 aromatic rings. The van der Waals surface area contributed by atoms with Crippen molar-refractivity contribution in [2.75, 3.05) is 0 Å². The SMILES string of the molecule is CC(C)(C)c1ccc2nc3ccccc3n2c1. The third-order valence-electron chi connectivity index (χ3n) is 3.17. The normalized spacial score (nSPS) is 12.4. The molecule has 2 aromatic heterocycles. The lowest BCUT2D eigenvalue weighted by molar-refractivity contribution is 0.587. The van der Waals surface area contributed by atoms with Crippen molar-refractivity contribution in [1.82, 2.24) is 9.38 Å². The average Bonchev–Trinajstić information content (AvgIpc) is 2.65. The van der Waals surface area contributed by atoms with Crippen molar-refractivity contribution in [1.29, 1.82) is 0 Å². The molecule has 0 aliphatic rings. The van der Waals surface area contributed by atoms with Crippen LogP contribution < -0.4 is 0 Å². The van der Waals surface area contributed by atoms with E-state index in [9.17, 15) is 0 Å². The van der Waals surface area contributed by atoms with Gasteiger partial charge in [0.25, 0.3) is 0 Å². The second-order valence-electron chi connectivity index (χ2n) is 5.50. The van der Waals surface area contributed by atoms with Crippen LogP contribution in [0, 0.1) is 0 Å². The third-order valence-corrected chi connectivity index (χ3v) is 3.17. The Balaban J connectivity index is 2.38. The van der Waals surface area contributed by atoms with Crippen molar-refractivity contribution in [3.8, 4) is 0 Å². The summed E-state index contributed by atoms with van der Waals surface area (Å²) in [6, 6.07) is 12.5. The lowest BCUT2D eigenvalue weighted by Crippen LogP contribution is -2.11. The van der Waals surface area contributed by atoms with E-state index in [1.807, 2.05) is 6.07 Å². The molecule has 0 fully saturated rings. The topological polar surface area (TPSA) is 17.3 Å². The van der Waals surface area contributed by atoms with Gasteiger partial charge in [-0.25, -0.2) is 4.98 Å². The Morgan fingerprint density at radius 3 is 2.53 bits per heavy atom. The molecule has 0 atom stereocenters. The summed E-state index contributed by atoms with van der Waals surface area (Å²) in [5.41, 5.74) is 4.74. The highest BCUT2D eigenvalue weighted by Crippen LogP contribution is 2.24. The lowest BCUT2D eigenvalue weighted by Gasteiger charge is -2.18. The van der Waals surface area contributed by atoms with Crippen LogP contribution in [-0.2, 0) is 5.41 Å². The Morgan fingerprint density at radius 2 is 1.76 bits per heavy atom. The minimum absolute atomic E-state index is 0.166. The van der Waals surface area contributed by atoms with Crippen molar-refractivity contribution in [2.24, 2.45) is 0 Å². The van der Waals surface area contributed by atoms with Crippen LogP contribution in [0.5, 0.6) is 0 Å². The molecular formula is C15H16N2. The van der Waals surface area contributed by atoms with Gasteiger partial charge in [-0.15, -0.1) is 0 Å². The zero-order valence-corrected chi connectivity index (χ0v) is 10.4. The predicted molar refractivity (Wildman–Crippen MR) is 71.4 cm³/mol. The van der Waals surface area contributed by atoms with Crippen molar-refractivity contribution in [3.05, 3.63) is 48.2 Å². The number of imidazole rings is 1. The van der Waals surface area contributed by atoms with Gasteiger partial charge in [0.1, 0.15) is 5.65 Å².